The van der Waals surface area contributed by atoms with Crippen LogP contribution in [0.25, 0.3) is 10.9 Å². The van der Waals surface area contributed by atoms with E-state index in [2.05, 4.69) is 17.1 Å². The van der Waals surface area contributed by atoms with Gasteiger partial charge in [-0.2, -0.15) is 5.10 Å². The summed E-state index contributed by atoms with van der Waals surface area (Å²) in [5.41, 5.74) is 1.02. The number of carbonyl (C=O) groups excluding carboxylic acids is 1. The molecule has 7 nitrogen and oxygen atoms in total. The van der Waals surface area contributed by atoms with Crippen LogP contribution in [0.4, 0.5) is 0 Å². The lowest BCUT2D eigenvalue weighted by Crippen LogP contribution is -2.34. The van der Waals surface area contributed by atoms with Crippen molar-refractivity contribution >= 4 is 16.9 Å². The van der Waals surface area contributed by atoms with Gasteiger partial charge in [-0.15, -0.1) is 0 Å². The third kappa shape index (κ3) is 4.81. The maximum absolute atomic E-state index is 13.4. The number of unbranched alkanes of at least 4 members (excludes halogenated alkanes) is 1. The van der Waals surface area contributed by atoms with Crippen molar-refractivity contribution in [2.75, 3.05) is 6.61 Å². The average Bonchev–Trinajstić information content (AvgIpc) is 3.27. The molecule has 31 heavy (non-hydrogen) atoms. The number of rotatable bonds is 8. The second-order valence-electron chi connectivity index (χ2n) is 8.10. The normalized spacial score (nSPS) is 15.6. The van der Waals surface area contributed by atoms with Gasteiger partial charge in [0.2, 0.25) is 0 Å². The van der Waals surface area contributed by atoms with Crippen LogP contribution in [-0.2, 0) is 9.53 Å². The number of benzene rings is 1. The minimum Gasteiger partial charge on any atom is -0.494 e. The highest BCUT2D eigenvalue weighted by Gasteiger charge is 2.29. The number of hydrogen-bond donors (Lipinski definition) is 1. The monoisotopic (exact) mass is 423 g/mol. The summed E-state index contributed by atoms with van der Waals surface area (Å²) in [6.45, 7) is 2.72. The summed E-state index contributed by atoms with van der Waals surface area (Å²) in [6, 6.07) is 8.25. The highest BCUT2D eigenvalue weighted by molar-refractivity contribution is 5.80. The minimum absolute atomic E-state index is 0.0962. The summed E-state index contributed by atoms with van der Waals surface area (Å²) in [6.07, 6.45) is 10.0. The second kappa shape index (κ2) is 9.81. The van der Waals surface area contributed by atoms with Crippen molar-refractivity contribution < 1.29 is 14.3 Å². The first-order valence-corrected chi connectivity index (χ1v) is 11.1. The fourth-order valence-corrected chi connectivity index (χ4v) is 4.09. The zero-order valence-electron chi connectivity index (χ0n) is 17.9. The van der Waals surface area contributed by atoms with E-state index in [0.717, 1.165) is 38.5 Å². The third-order valence-corrected chi connectivity index (χ3v) is 5.81. The van der Waals surface area contributed by atoms with Crippen LogP contribution in [0.3, 0.4) is 0 Å². The summed E-state index contributed by atoms with van der Waals surface area (Å²) >= 11 is 0. The molecule has 1 unspecified atom stereocenters. The maximum Gasteiger partial charge on any atom is 0.334 e. The molecule has 0 radical (unpaired) electrons. The number of pyridine rings is 1. The van der Waals surface area contributed by atoms with E-state index in [1.165, 1.54) is 17.2 Å². The number of fused-ring (bicyclic) bond motifs is 1. The Kier molecular flexibility index (Phi) is 6.70. The van der Waals surface area contributed by atoms with Crippen molar-refractivity contribution in [1.29, 1.82) is 0 Å². The molecule has 2 aromatic heterocycles. The van der Waals surface area contributed by atoms with Gasteiger partial charge in [-0.1, -0.05) is 31.9 Å². The number of esters is 1. The molecule has 1 aliphatic rings. The summed E-state index contributed by atoms with van der Waals surface area (Å²) in [7, 11) is 0. The van der Waals surface area contributed by atoms with Crippen LogP contribution in [0, 0.1) is 0 Å². The topological polar surface area (TPSA) is 86.2 Å². The van der Waals surface area contributed by atoms with Crippen LogP contribution in [-0.4, -0.2) is 33.4 Å². The van der Waals surface area contributed by atoms with E-state index >= 15 is 0 Å². The number of ether oxygens (including phenoxy) is 2. The number of carbonyl (C=O) groups is 1. The van der Waals surface area contributed by atoms with E-state index in [9.17, 15) is 9.59 Å². The standard InChI is InChI=1S/C24H29N3O4/c1-2-3-14-30-19-11-7-8-17(15-19)22(24(29)31-18-9-5-4-6-10-18)27-13-12-21-20(23(27)28)16-25-26-21/h7-8,11-13,15-16,18,22H,2-6,9-10,14H2,1H3,(H,25,26). The molecule has 1 aromatic carbocycles. The fraction of sp³-hybridized carbons (Fsp3) is 0.458. The van der Waals surface area contributed by atoms with E-state index in [1.807, 2.05) is 24.3 Å². The Labute approximate surface area is 181 Å². The molecule has 3 aromatic rings. The van der Waals surface area contributed by atoms with Gasteiger partial charge in [0.1, 0.15) is 11.9 Å². The molecule has 0 amide bonds. The van der Waals surface area contributed by atoms with Gasteiger partial charge < -0.3 is 9.47 Å². The van der Waals surface area contributed by atoms with Crippen molar-refractivity contribution in [2.45, 2.75) is 64.0 Å². The summed E-state index contributed by atoms with van der Waals surface area (Å²) in [5, 5.41) is 7.19. The Morgan fingerprint density at radius 2 is 2.10 bits per heavy atom. The van der Waals surface area contributed by atoms with E-state index in [-0.39, 0.29) is 11.7 Å². The summed E-state index contributed by atoms with van der Waals surface area (Å²) < 4.78 is 13.2. The number of nitrogens with zero attached hydrogens (tertiary/aromatic N) is 2. The lowest BCUT2D eigenvalue weighted by Gasteiger charge is -2.26. The Bertz CT molecular complexity index is 1080. The summed E-state index contributed by atoms with van der Waals surface area (Å²) in [5.74, 6) is 0.265. The van der Waals surface area contributed by atoms with Gasteiger partial charge in [0.15, 0.2) is 6.04 Å². The molecular formula is C24H29N3O4. The maximum atomic E-state index is 13.4. The first-order chi connectivity index (χ1) is 15.2. The predicted octanol–water partition coefficient (Wildman–Crippen LogP) is 4.37. The largest absolute Gasteiger partial charge is 0.494 e. The molecule has 2 heterocycles. The van der Waals surface area contributed by atoms with Crippen molar-refractivity contribution in [3.63, 3.8) is 0 Å². The Morgan fingerprint density at radius 1 is 1.26 bits per heavy atom. The van der Waals surface area contributed by atoms with E-state index < -0.39 is 12.0 Å². The first-order valence-electron chi connectivity index (χ1n) is 11.1. The quantitative estimate of drug-likeness (QED) is 0.429. The molecule has 1 fully saturated rings. The lowest BCUT2D eigenvalue weighted by atomic mass is 9.97. The predicted molar refractivity (Wildman–Crippen MR) is 118 cm³/mol. The SMILES string of the molecule is CCCCOc1cccc(C(C(=O)OC2CCCCC2)n2ccc3[nH]ncc3c2=O)c1. The number of aromatic amines is 1. The number of H-pyrrole nitrogens is 1. The smallest absolute Gasteiger partial charge is 0.334 e. The molecule has 1 aliphatic carbocycles. The Hall–Kier alpha value is -3.09. The van der Waals surface area contributed by atoms with Crippen LogP contribution >= 0.6 is 0 Å². The average molecular weight is 424 g/mol. The lowest BCUT2D eigenvalue weighted by molar-refractivity contribution is -0.153. The highest BCUT2D eigenvalue weighted by Crippen LogP contribution is 2.27. The molecule has 0 aliphatic heterocycles. The van der Waals surface area contributed by atoms with Gasteiger partial charge in [-0.05, 0) is 55.9 Å². The number of aromatic nitrogens is 3. The van der Waals surface area contributed by atoms with Crippen molar-refractivity contribution in [3.8, 4) is 5.75 Å². The second-order valence-corrected chi connectivity index (χ2v) is 8.10. The van der Waals surface area contributed by atoms with Gasteiger partial charge in [0.25, 0.3) is 5.56 Å². The van der Waals surface area contributed by atoms with Gasteiger partial charge in [-0.3, -0.25) is 14.5 Å². The molecule has 1 N–H and O–H groups in total. The van der Waals surface area contributed by atoms with Gasteiger partial charge in [0.05, 0.1) is 23.7 Å². The number of hydrogen-bond acceptors (Lipinski definition) is 5. The van der Waals surface area contributed by atoms with Crippen LogP contribution in [0.1, 0.15) is 63.5 Å². The molecular weight excluding hydrogens is 394 g/mol. The summed E-state index contributed by atoms with van der Waals surface area (Å²) in [4.78, 5) is 26.5. The Balaban J connectivity index is 1.70. The van der Waals surface area contributed by atoms with Crippen LogP contribution in [0.2, 0.25) is 0 Å². The zero-order valence-corrected chi connectivity index (χ0v) is 17.9. The highest BCUT2D eigenvalue weighted by atomic mass is 16.5. The van der Waals surface area contributed by atoms with Gasteiger partial charge in [0, 0.05) is 6.20 Å². The minimum atomic E-state index is -0.886. The van der Waals surface area contributed by atoms with E-state index in [4.69, 9.17) is 9.47 Å². The van der Waals surface area contributed by atoms with Crippen molar-refractivity contribution in [1.82, 2.24) is 14.8 Å². The fourth-order valence-electron chi connectivity index (χ4n) is 4.09. The number of nitrogens with one attached hydrogen (secondary N) is 1. The van der Waals surface area contributed by atoms with Crippen LogP contribution < -0.4 is 10.3 Å². The van der Waals surface area contributed by atoms with Crippen LogP contribution in [0.15, 0.2) is 47.5 Å². The van der Waals surface area contributed by atoms with E-state index in [1.54, 1.807) is 12.3 Å². The zero-order chi connectivity index (χ0) is 21.6. The molecule has 164 valence electrons. The van der Waals surface area contributed by atoms with Crippen molar-refractivity contribution in [3.05, 3.63) is 58.6 Å². The van der Waals surface area contributed by atoms with Gasteiger partial charge >= 0.3 is 5.97 Å². The first kappa shape index (κ1) is 21.2. The molecule has 0 spiro atoms. The molecule has 4 rings (SSSR count). The third-order valence-electron chi connectivity index (χ3n) is 5.81. The molecule has 0 bridgehead atoms. The molecule has 1 saturated carbocycles. The molecule has 1 atom stereocenters. The molecule has 0 saturated heterocycles. The Morgan fingerprint density at radius 3 is 2.90 bits per heavy atom. The van der Waals surface area contributed by atoms with Crippen molar-refractivity contribution in [2.24, 2.45) is 0 Å². The van der Waals surface area contributed by atoms with Crippen LogP contribution in [0.5, 0.6) is 5.75 Å². The molecule has 7 heteroatoms. The van der Waals surface area contributed by atoms with Gasteiger partial charge in [-0.25, -0.2) is 4.79 Å². The van der Waals surface area contributed by atoms with E-state index in [0.29, 0.717) is 28.8 Å².